The van der Waals surface area contributed by atoms with E-state index in [4.69, 9.17) is 5.73 Å². The molecule has 3 N–H and O–H groups in total. The van der Waals surface area contributed by atoms with Gasteiger partial charge in [-0.15, -0.1) is 0 Å². The van der Waals surface area contributed by atoms with E-state index in [0.717, 1.165) is 24.3 Å². The van der Waals surface area contributed by atoms with Crippen molar-refractivity contribution in [2.24, 2.45) is 23.5 Å². The van der Waals surface area contributed by atoms with Crippen LogP contribution in [0, 0.1) is 17.8 Å². The lowest BCUT2D eigenvalue weighted by Gasteiger charge is -2.48. The molecule has 5 unspecified atom stereocenters. The minimum atomic E-state index is -0.648. The van der Waals surface area contributed by atoms with Gasteiger partial charge in [0.25, 0.3) is 0 Å². The zero-order chi connectivity index (χ0) is 11.7. The molecule has 0 spiro atoms. The lowest BCUT2D eigenvalue weighted by atomic mass is 9.64. The molecule has 5 rings (SSSR count). The van der Waals surface area contributed by atoms with Crippen LogP contribution in [0.4, 0.5) is 0 Å². The van der Waals surface area contributed by atoms with Crippen molar-refractivity contribution in [1.29, 1.82) is 0 Å². The number of benzene rings is 1. The van der Waals surface area contributed by atoms with Gasteiger partial charge < -0.3 is 10.8 Å². The highest BCUT2D eigenvalue weighted by Gasteiger charge is 2.68. The van der Waals surface area contributed by atoms with Gasteiger partial charge in [-0.25, -0.2) is 0 Å². The molecule has 0 saturated heterocycles. The normalized spacial score (nSPS) is 51.1. The summed E-state index contributed by atoms with van der Waals surface area (Å²) >= 11 is 0. The molecular formula is C15H19NO. The zero-order valence-electron chi connectivity index (χ0n) is 9.97. The van der Waals surface area contributed by atoms with E-state index in [9.17, 15) is 5.11 Å². The predicted octanol–water partition coefficient (Wildman–Crippen LogP) is 2.02. The van der Waals surface area contributed by atoms with Gasteiger partial charge in [0.1, 0.15) is 0 Å². The van der Waals surface area contributed by atoms with Crippen LogP contribution in [0.1, 0.15) is 31.2 Å². The maximum Gasteiger partial charge on any atom is 0.0876 e. The summed E-state index contributed by atoms with van der Waals surface area (Å²) in [6, 6.07) is 10.3. The van der Waals surface area contributed by atoms with Crippen molar-refractivity contribution in [2.75, 3.05) is 0 Å². The Morgan fingerprint density at radius 1 is 1.12 bits per heavy atom. The van der Waals surface area contributed by atoms with Gasteiger partial charge >= 0.3 is 0 Å². The molecule has 4 aliphatic carbocycles. The Kier molecular flexibility index (Phi) is 1.74. The molecule has 0 radical (unpaired) electrons. The largest absolute Gasteiger partial charge is 0.388 e. The minimum absolute atomic E-state index is 0.494. The van der Waals surface area contributed by atoms with Crippen LogP contribution in [0.2, 0.25) is 0 Å². The van der Waals surface area contributed by atoms with E-state index in [1.54, 1.807) is 0 Å². The molecule has 0 amide bonds. The van der Waals surface area contributed by atoms with Crippen LogP contribution < -0.4 is 5.73 Å². The Balaban J connectivity index is 1.88. The molecule has 1 aromatic carbocycles. The van der Waals surface area contributed by atoms with Crippen LogP contribution in [0.3, 0.4) is 0 Å². The summed E-state index contributed by atoms with van der Waals surface area (Å²) in [4.78, 5) is 0. The van der Waals surface area contributed by atoms with Gasteiger partial charge in [0.05, 0.1) is 11.1 Å². The summed E-state index contributed by atoms with van der Waals surface area (Å²) in [7, 11) is 0. The van der Waals surface area contributed by atoms with E-state index in [2.05, 4.69) is 12.1 Å². The average molecular weight is 229 g/mol. The van der Waals surface area contributed by atoms with Gasteiger partial charge in [0.15, 0.2) is 0 Å². The fourth-order valence-electron chi connectivity index (χ4n) is 5.06. The summed E-state index contributed by atoms with van der Waals surface area (Å²) in [6.45, 7) is 0. The highest BCUT2D eigenvalue weighted by Crippen LogP contribution is 2.66. The lowest BCUT2D eigenvalue weighted by Crippen LogP contribution is -2.60. The highest BCUT2D eigenvalue weighted by molar-refractivity contribution is 5.35. The molecule has 17 heavy (non-hydrogen) atoms. The van der Waals surface area contributed by atoms with E-state index in [1.807, 2.05) is 18.2 Å². The summed E-state index contributed by atoms with van der Waals surface area (Å²) < 4.78 is 0. The first-order valence-electron chi connectivity index (χ1n) is 6.70. The molecule has 4 bridgehead atoms. The first kappa shape index (κ1) is 10.1. The quantitative estimate of drug-likeness (QED) is 0.774. The Hall–Kier alpha value is -0.860. The Bertz CT molecular complexity index is 455. The van der Waals surface area contributed by atoms with Gasteiger partial charge in [-0.05, 0) is 49.0 Å². The van der Waals surface area contributed by atoms with Crippen LogP contribution in [-0.2, 0) is 5.54 Å². The molecule has 4 aliphatic rings. The predicted molar refractivity (Wildman–Crippen MR) is 66.2 cm³/mol. The van der Waals surface area contributed by atoms with Gasteiger partial charge in [-0.3, -0.25) is 0 Å². The van der Waals surface area contributed by atoms with Crippen LogP contribution >= 0.6 is 0 Å². The molecule has 0 aromatic heterocycles. The highest BCUT2D eigenvalue weighted by atomic mass is 16.3. The second kappa shape index (κ2) is 2.93. The van der Waals surface area contributed by atoms with E-state index in [-0.39, 0.29) is 0 Å². The van der Waals surface area contributed by atoms with Crippen molar-refractivity contribution in [3.63, 3.8) is 0 Å². The van der Waals surface area contributed by atoms with Crippen molar-refractivity contribution in [3.05, 3.63) is 35.9 Å². The molecule has 2 heteroatoms. The molecule has 5 atom stereocenters. The summed E-state index contributed by atoms with van der Waals surface area (Å²) in [6.07, 6.45) is 4.34. The van der Waals surface area contributed by atoms with Crippen molar-refractivity contribution in [3.8, 4) is 0 Å². The lowest BCUT2D eigenvalue weighted by molar-refractivity contribution is -0.0748. The maximum atomic E-state index is 11.0. The molecule has 0 heterocycles. The van der Waals surface area contributed by atoms with Crippen molar-refractivity contribution in [2.45, 2.75) is 36.8 Å². The fourth-order valence-corrected chi connectivity index (χ4v) is 5.06. The maximum absolute atomic E-state index is 11.0. The number of nitrogens with two attached hydrogens (primary N) is 1. The Morgan fingerprint density at radius 3 is 2.59 bits per heavy atom. The van der Waals surface area contributed by atoms with Crippen molar-refractivity contribution >= 4 is 0 Å². The van der Waals surface area contributed by atoms with Crippen LogP contribution in [0.15, 0.2) is 30.3 Å². The second-order valence-electron chi connectivity index (χ2n) is 6.38. The van der Waals surface area contributed by atoms with Gasteiger partial charge in [0, 0.05) is 0 Å². The summed E-state index contributed by atoms with van der Waals surface area (Å²) in [5, 5.41) is 11.0. The van der Waals surface area contributed by atoms with Crippen molar-refractivity contribution < 1.29 is 5.11 Å². The van der Waals surface area contributed by atoms with Crippen LogP contribution in [0.25, 0.3) is 0 Å². The standard InChI is InChI=1S/C15H19NO/c16-15(12-4-2-1-3-5-12)13-7-10-6-11(13)9-14(15,17)8-10/h1-5,10-11,13,17H,6-9,16H2. The number of aliphatic hydroxyl groups is 1. The zero-order valence-corrected chi connectivity index (χ0v) is 9.97. The Labute approximate surface area is 102 Å². The topological polar surface area (TPSA) is 46.2 Å². The van der Waals surface area contributed by atoms with Gasteiger partial charge in [-0.1, -0.05) is 30.3 Å². The number of rotatable bonds is 1. The van der Waals surface area contributed by atoms with E-state index in [0.29, 0.717) is 11.8 Å². The summed E-state index contributed by atoms with van der Waals surface area (Å²) in [5.41, 5.74) is 6.72. The molecule has 1 aromatic rings. The average Bonchev–Trinajstić information content (AvgIpc) is 2.71. The SMILES string of the molecule is NC1(c2ccccc2)C2CC3CC2CC1(O)C3. The third-order valence-electron chi connectivity index (χ3n) is 5.62. The second-order valence-corrected chi connectivity index (χ2v) is 6.38. The van der Waals surface area contributed by atoms with Gasteiger partial charge in [0.2, 0.25) is 0 Å². The van der Waals surface area contributed by atoms with E-state index in [1.165, 1.54) is 12.8 Å². The monoisotopic (exact) mass is 229 g/mol. The molecule has 4 fully saturated rings. The third-order valence-corrected chi connectivity index (χ3v) is 5.62. The van der Waals surface area contributed by atoms with Crippen LogP contribution in [0.5, 0.6) is 0 Å². The molecule has 90 valence electrons. The third kappa shape index (κ3) is 1.04. The molecule has 0 aliphatic heterocycles. The van der Waals surface area contributed by atoms with E-state index >= 15 is 0 Å². The molecule has 4 saturated carbocycles. The molecular weight excluding hydrogens is 210 g/mol. The summed E-state index contributed by atoms with van der Waals surface area (Å²) in [5.74, 6) is 1.88. The number of hydrogen-bond donors (Lipinski definition) is 2. The van der Waals surface area contributed by atoms with E-state index < -0.39 is 11.1 Å². The Morgan fingerprint density at radius 2 is 1.88 bits per heavy atom. The van der Waals surface area contributed by atoms with Crippen LogP contribution in [-0.4, -0.2) is 10.7 Å². The van der Waals surface area contributed by atoms with Crippen molar-refractivity contribution in [1.82, 2.24) is 0 Å². The number of hydrogen-bond acceptors (Lipinski definition) is 2. The first-order valence-corrected chi connectivity index (χ1v) is 6.70. The fraction of sp³-hybridized carbons (Fsp3) is 0.600. The molecule has 2 nitrogen and oxygen atoms in total. The smallest absolute Gasteiger partial charge is 0.0876 e. The van der Waals surface area contributed by atoms with Gasteiger partial charge in [-0.2, -0.15) is 0 Å². The first-order chi connectivity index (χ1) is 8.13. The minimum Gasteiger partial charge on any atom is -0.388 e.